The van der Waals surface area contributed by atoms with Gasteiger partial charge < -0.3 is 4.90 Å². The molecule has 1 amide bonds. The molecule has 0 aromatic heterocycles. The van der Waals surface area contributed by atoms with Crippen LogP contribution in [0.2, 0.25) is 15.1 Å². The molecule has 28 heavy (non-hydrogen) atoms. The minimum atomic E-state index is -0.146. The molecule has 0 aliphatic heterocycles. The number of amides is 1. The van der Waals surface area contributed by atoms with Crippen LogP contribution in [0.4, 0.5) is 0 Å². The van der Waals surface area contributed by atoms with Crippen LogP contribution in [-0.2, 0) is 4.79 Å². The first-order valence-corrected chi connectivity index (χ1v) is 9.69. The summed E-state index contributed by atoms with van der Waals surface area (Å²) >= 11 is 18.4. The van der Waals surface area contributed by atoms with E-state index in [-0.39, 0.29) is 5.91 Å². The molecule has 2 nitrogen and oxygen atoms in total. The Hall–Kier alpha value is -2.26. The molecule has 0 bridgehead atoms. The van der Waals surface area contributed by atoms with Crippen molar-refractivity contribution in [2.45, 2.75) is 0 Å². The average Bonchev–Trinajstić information content (AvgIpc) is 2.66. The van der Waals surface area contributed by atoms with E-state index < -0.39 is 0 Å². The Morgan fingerprint density at radius 1 is 0.893 bits per heavy atom. The number of hydrogen-bond donors (Lipinski definition) is 0. The summed E-state index contributed by atoms with van der Waals surface area (Å²) in [5.74, 6) is -0.146. The van der Waals surface area contributed by atoms with E-state index in [4.69, 9.17) is 34.8 Å². The van der Waals surface area contributed by atoms with Crippen LogP contribution in [0.1, 0.15) is 11.1 Å². The number of allylic oxidation sites excluding steroid dienone is 2. The molecular formula is C23H20Cl3NO. The number of hydrogen-bond acceptors (Lipinski definition) is 1. The third-order valence-corrected chi connectivity index (χ3v) is 4.65. The normalized spacial score (nSPS) is 11.5. The van der Waals surface area contributed by atoms with Crippen LogP contribution in [0.25, 0.3) is 11.6 Å². The lowest BCUT2D eigenvalue weighted by Gasteiger charge is -2.17. The van der Waals surface area contributed by atoms with Gasteiger partial charge in [-0.1, -0.05) is 65.2 Å². The zero-order chi connectivity index (χ0) is 20.5. The number of rotatable bonds is 8. The van der Waals surface area contributed by atoms with Gasteiger partial charge >= 0.3 is 0 Å². The summed E-state index contributed by atoms with van der Waals surface area (Å²) in [7, 11) is 0. The molecular weight excluding hydrogens is 413 g/mol. The van der Waals surface area contributed by atoms with Crippen LogP contribution >= 0.6 is 34.8 Å². The van der Waals surface area contributed by atoms with Crippen LogP contribution in [0.15, 0.2) is 79.9 Å². The molecule has 0 fully saturated rings. The number of nitrogens with zero attached hydrogens (tertiary/aromatic N) is 1. The van der Waals surface area contributed by atoms with E-state index in [0.29, 0.717) is 28.2 Å². The zero-order valence-corrected chi connectivity index (χ0v) is 17.5. The number of carbonyl (C=O) groups excluding carboxylic acids is 1. The third kappa shape index (κ3) is 6.42. The van der Waals surface area contributed by atoms with Crippen molar-refractivity contribution in [1.29, 1.82) is 0 Å². The summed E-state index contributed by atoms with van der Waals surface area (Å²) in [6.07, 6.45) is 8.54. The largest absolute Gasteiger partial charge is 0.332 e. The quantitative estimate of drug-likeness (QED) is 0.191. The highest BCUT2D eigenvalue weighted by Gasteiger charge is 2.09. The van der Waals surface area contributed by atoms with E-state index >= 15 is 0 Å². The van der Waals surface area contributed by atoms with Gasteiger partial charge in [0.15, 0.2) is 0 Å². The molecule has 0 atom stereocenters. The van der Waals surface area contributed by atoms with E-state index in [2.05, 4.69) is 13.2 Å². The fourth-order valence-electron chi connectivity index (χ4n) is 2.51. The Bertz CT molecular complexity index is 904. The molecule has 144 valence electrons. The van der Waals surface area contributed by atoms with Crippen molar-refractivity contribution >= 4 is 52.4 Å². The first kappa shape index (κ1) is 22.0. The van der Waals surface area contributed by atoms with Crippen LogP contribution in [0, 0.1) is 0 Å². The molecule has 0 N–H and O–H groups in total. The van der Waals surface area contributed by atoms with E-state index in [1.807, 2.05) is 24.3 Å². The second-order valence-electron chi connectivity index (χ2n) is 5.93. The summed E-state index contributed by atoms with van der Waals surface area (Å²) < 4.78 is 0. The smallest absolute Gasteiger partial charge is 0.247 e. The van der Waals surface area contributed by atoms with Crippen molar-refractivity contribution in [3.05, 3.63) is 106 Å². The van der Waals surface area contributed by atoms with E-state index in [1.165, 1.54) is 6.08 Å². The van der Waals surface area contributed by atoms with Crippen LogP contribution in [-0.4, -0.2) is 23.9 Å². The van der Waals surface area contributed by atoms with Crippen molar-refractivity contribution in [1.82, 2.24) is 4.90 Å². The fraction of sp³-hybridized carbons (Fsp3) is 0.0870. The summed E-state index contributed by atoms with van der Waals surface area (Å²) in [5.41, 5.74) is 2.47. The van der Waals surface area contributed by atoms with E-state index in [1.54, 1.807) is 47.4 Å². The van der Waals surface area contributed by atoms with E-state index in [0.717, 1.165) is 16.7 Å². The minimum absolute atomic E-state index is 0.146. The number of carbonyl (C=O) groups is 1. The SMILES string of the molecule is C=CCN(CC=C)C(=O)C=CC(=Cc1ccc(Cl)cc1)c1ccc(Cl)cc1Cl. The third-order valence-electron chi connectivity index (χ3n) is 3.85. The topological polar surface area (TPSA) is 20.3 Å². The lowest BCUT2D eigenvalue weighted by atomic mass is 10.0. The van der Waals surface area contributed by atoms with Crippen molar-refractivity contribution in [2.75, 3.05) is 13.1 Å². The average molecular weight is 433 g/mol. The van der Waals surface area contributed by atoms with E-state index in [9.17, 15) is 4.79 Å². The molecule has 0 radical (unpaired) electrons. The molecule has 5 heteroatoms. The molecule has 2 aromatic carbocycles. The maximum atomic E-state index is 12.5. The highest BCUT2D eigenvalue weighted by atomic mass is 35.5. The van der Waals surface area contributed by atoms with Gasteiger partial charge in [-0.05, 0) is 47.6 Å². The number of halogens is 3. The van der Waals surface area contributed by atoms with Crippen LogP contribution < -0.4 is 0 Å². The monoisotopic (exact) mass is 431 g/mol. The Balaban J connectivity index is 2.43. The van der Waals surface area contributed by atoms with Gasteiger partial charge in [0.25, 0.3) is 0 Å². The molecule has 0 unspecified atom stereocenters. The van der Waals surface area contributed by atoms with Gasteiger partial charge in [0, 0.05) is 39.8 Å². The van der Waals surface area contributed by atoms with Crippen molar-refractivity contribution in [3.8, 4) is 0 Å². The summed E-state index contributed by atoms with van der Waals surface area (Å²) in [4.78, 5) is 14.2. The van der Waals surface area contributed by atoms with Crippen molar-refractivity contribution < 1.29 is 4.79 Å². The lowest BCUT2D eigenvalue weighted by molar-refractivity contribution is -0.125. The Morgan fingerprint density at radius 2 is 1.50 bits per heavy atom. The Kier molecular flexibility index (Phi) is 8.59. The summed E-state index contributed by atoms with van der Waals surface area (Å²) in [6.45, 7) is 8.25. The minimum Gasteiger partial charge on any atom is -0.332 e. The summed E-state index contributed by atoms with van der Waals surface area (Å²) in [6, 6.07) is 12.7. The van der Waals surface area contributed by atoms with Gasteiger partial charge in [-0.2, -0.15) is 0 Å². The molecule has 2 rings (SSSR count). The first-order valence-electron chi connectivity index (χ1n) is 8.56. The van der Waals surface area contributed by atoms with Gasteiger partial charge in [-0.25, -0.2) is 0 Å². The van der Waals surface area contributed by atoms with Crippen molar-refractivity contribution in [3.63, 3.8) is 0 Å². The Labute approximate surface area is 181 Å². The first-order chi connectivity index (χ1) is 13.4. The maximum Gasteiger partial charge on any atom is 0.247 e. The van der Waals surface area contributed by atoms with Gasteiger partial charge in [0.1, 0.15) is 0 Å². The predicted molar refractivity (Wildman–Crippen MR) is 122 cm³/mol. The zero-order valence-electron chi connectivity index (χ0n) is 15.2. The second kappa shape index (κ2) is 10.9. The van der Waals surface area contributed by atoms with Gasteiger partial charge in [-0.15, -0.1) is 13.2 Å². The van der Waals surface area contributed by atoms with Gasteiger partial charge in [0.2, 0.25) is 5.91 Å². The van der Waals surface area contributed by atoms with Gasteiger partial charge in [-0.3, -0.25) is 4.79 Å². The predicted octanol–water partition coefficient (Wildman–Crippen LogP) is 6.94. The fourth-order valence-corrected chi connectivity index (χ4v) is 3.15. The van der Waals surface area contributed by atoms with Crippen LogP contribution in [0.5, 0.6) is 0 Å². The molecule has 2 aromatic rings. The highest BCUT2D eigenvalue weighted by molar-refractivity contribution is 6.36. The highest BCUT2D eigenvalue weighted by Crippen LogP contribution is 2.29. The standard InChI is InChI=1S/C23H20Cl3NO/c1-3-13-27(14-4-2)23(28)12-7-18(15-17-5-8-19(24)9-6-17)21-11-10-20(25)16-22(21)26/h3-12,15-16H,1-2,13-14H2. The number of benzene rings is 2. The van der Waals surface area contributed by atoms with Crippen molar-refractivity contribution in [2.24, 2.45) is 0 Å². The Morgan fingerprint density at radius 3 is 2.07 bits per heavy atom. The maximum absolute atomic E-state index is 12.5. The van der Waals surface area contributed by atoms with Crippen LogP contribution in [0.3, 0.4) is 0 Å². The molecule has 0 spiro atoms. The molecule has 0 aliphatic carbocycles. The molecule has 0 saturated heterocycles. The lowest BCUT2D eigenvalue weighted by Crippen LogP contribution is -2.29. The second-order valence-corrected chi connectivity index (χ2v) is 7.21. The van der Waals surface area contributed by atoms with Gasteiger partial charge in [0.05, 0.1) is 0 Å². The summed E-state index contributed by atoms with van der Waals surface area (Å²) in [5, 5.41) is 1.69. The molecule has 0 heterocycles. The molecule has 0 aliphatic rings. The molecule has 0 saturated carbocycles.